The van der Waals surface area contributed by atoms with Crippen molar-refractivity contribution < 1.29 is 4.39 Å². The van der Waals surface area contributed by atoms with Gasteiger partial charge in [-0.05, 0) is 42.7 Å². The molecule has 2 rings (SSSR count). The van der Waals surface area contributed by atoms with Crippen molar-refractivity contribution in [2.75, 3.05) is 0 Å². The molecule has 1 heterocycles. The van der Waals surface area contributed by atoms with Crippen LogP contribution in [0.25, 0.3) is 0 Å². The zero-order chi connectivity index (χ0) is 12.3. The maximum absolute atomic E-state index is 12.7. The van der Waals surface area contributed by atoms with Gasteiger partial charge in [0.25, 0.3) is 0 Å². The molecule has 0 spiro atoms. The van der Waals surface area contributed by atoms with Gasteiger partial charge in [0, 0.05) is 10.9 Å². The quantitative estimate of drug-likeness (QED) is 0.901. The average molecular weight is 270 g/mol. The van der Waals surface area contributed by atoms with Crippen LogP contribution in [-0.4, -0.2) is 6.04 Å². The lowest BCUT2D eigenvalue weighted by molar-refractivity contribution is 0.624. The molecule has 0 aliphatic rings. The first-order valence-electron chi connectivity index (χ1n) is 5.38. The number of thiophene rings is 1. The van der Waals surface area contributed by atoms with E-state index in [0.717, 1.165) is 22.7 Å². The van der Waals surface area contributed by atoms with E-state index in [-0.39, 0.29) is 11.9 Å². The van der Waals surface area contributed by atoms with Crippen LogP contribution in [0.4, 0.5) is 4.39 Å². The van der Waals surface area contributed by atoms with Crippen LogP contribution in [0.1, 0.15) is 10.4 Å². The molecular formula is C13H13ClFNS. The van der Waals surface area contributed by atoms with Crippen LogP contribution in [0.2, 0.25) is 4.34 Å². The topological polar surface area (TPSA) is 26.0 Å². The summed E-state index contributed by atoms with van der Waals surface area (Å²) in [5, 5.41) is 0. The molecule has 17 heavy (non-hydrogen) atoms. The van der Waals surface area contributed by atoms with E-state index in [4.69, 9.17) is 17.3 Å². The summed E-state index contributed by atoms with van der Waals surface area (Å²) in [7, 11) is 0. The third-order valence-corrected chi connectivity index (χ3v) is 3.76. The second-order valence-electron chi connectivity index (χ2n) is 4.00. The van der Waals surface area contributed by atoms with Gasteiger partial charge in [0.15, 0.2) is 0 Å². The molecular weight excluding hydrogens is 257 g/mol. The molecule has 1 unspecified atom stereocenters. The molecule has 0 radical (unpaired) electrons. The van der Waals surface area contributed by atoms with Gasteiger partial charge in [-0.15, -0.1) is 11.3 Å². The van der Waals surface area contributed by atoms with Crippen LogP contribution in [0.5, 0.6) is 0 Å². The van der Waals surface area contributed by atoms with Crippen molar-refractivity contribution in [1.29, 1.82) is 0 Å². The monoisotopic (exact) mass is 269 g/mol. The van der Waals surface area contributed by atoms with Crippen molar-refractivity contribution in [3.8, 4) is 0 Å². The lowest BCUT2D eigenvalue weighted by Crippen LogP contribution is -2.25. The normalized spacial score (nSPS) is 12.6. The van der Waals surface area contributed by atoms with Crippen LogP contribution in [0.15, 0.2) is 36.4 Å². The van der Waals surface area contributed by atoms with E-state index in [2.05, 4.69) is 0 Å². The maximum Gasteiger partial charge on any atom is 0.123 e. The molecule has 90 valence electrons. The van der Waals surface area contributed by atoms with Gasteiger partial charge in [-0.25, -0.2) is 4.39 Å². The number of nitrogens with two attached hydrogens (primary N) is 1. The third-order valence-electron chi connectivity index (χ3n) is 2.50. The van der Waals surface area contributed by atoms with E-state index in [0.29, 0.717) is 0 Å². The van der Waals surface area contributed by atoms with Crippen molar-refractivity contribution >= 4 is 22.9 Å². The van der Waals surface area contributed by atoms with E-state index >= 15 is 0 Å². The highest BCUT2D eigenvalue weighted by molar-refractivity contribution is 7.16. The smallest absolute Gasteiger partial charge is 0.123 e. The summed E-state index contributed by atoms with van der Waals surface area (Å²) in [5.41, 5.74) is 7.11. The zero-order valence-corrected chi connectivity index (χ0v) is 10.8. The van der Waals surface area contributed by atoms with Crippen molar-refractivity contribution in [2.24, 2.45) is 5.73 Å². The minimum atomic E-state index is -0.215. The first kappa shape index (κ1) is 12.6. The van der Waals surface area contributed by atoms with Gasteiger partial charge in [0.1, 0.15) is 5.82 Å². The predicted octanol–water partition coefficient (Wildman–Crippen LogP) is 3.65. The number of hydrogen-bond donors (Lipinski definition) is 1. The summed E-state index contributed by atoms with van der Waals surface area (Å²) in [6.07, 6.45) is 1.55. The van der Waals surface area contributed by atoms with Crippen LogP contribution in [0, 0.1) is 5.82 Å². The van der Waals surface area contributed by atoms with Crippen LogP contribution >= 0.6 is 22.9 Å². The first-order valence-corrected chi connectivity index (χ1v) is 6.57. The predicted molar refractivity (Wildman–Crippen MR) is 71.1 cm³/mol. The Morgan fingerprint density at radius 3 is 2.41 bits per heavy atom. The number of benzene rings is 1. The highest BCUT2D eigenvalue weighted by Crippen LogP contribution is 2.22. The molecule has 1 aromatic heterocycles. The number of hydrogen-bond acceptors (Lipinski definition) is 2. The van der Waals surface area contributed by atoms with Crippen LogP contribution in [-0.2, 0) is 12.8 Å². The molecule has 0 amide bonds. The standard InChI is InChI=1S/C13H13ClFNS/c14-13-6-5-12(17-13)8-11(16)7-9-1-3-10(15)4-2-9/h1-6,11H,7-8,16H2. The molecule has 0 fully saturated rings. The van der Waals surface area contributed by atoms with Gasteiger partial charge in [-0.3, -0.25) is 0 Å². The maximum atomic E-state index is 12.7. The number of rotatable bonds is 4. The van der Waals surface area contributed by atoms with Crippen molar-refractivity contribution in [3.63, 3.8) is 0 Å². The Labute approximate surface area is 109 Å². The molecule has 2 aromatic rings. The Bertz CT molecular complexity index is 480. The molecule has 1 aromatic carbocycles. The first-order chi connectivity index (χ1) is 8.13. The molecule has 1 atom stereocenters. The lowest BCUT2D eigenvalue weighted by atomic mass is 10.0. The van der Waals surface area contributed by atoms with Crippen molar-refractivity contribution in [3.05, 3.63) is 57.0 Å². The minimum absolute atomic E-state index is 0.0372. The van der Waals surface area contributed by atoms with E-state index in [9.17, 15) is 4.39 Å². The van der Waals surface area contributed by atoms with E-state index in [1.54, 1.807) is 23.5 Å². The second kappa shape index (κ2) is 5.63. The fourth-order valence-electron chi connectivity index (χ4n) is 1.72. The Balaban J connectivity index is 1.93. The SMILES string of the molecule is NC(Cc1ccc(F)cc1)Cc1ccc(Cl)s1. The summed E-state index contributed by atoms with van der Waals surface area (Å²) in [4.78, 5) is 1.18. The molecule has 4 heteroatoms. The summed E-state index contributed by atoms with van der Waals surface area (Å²) in [6.45, 7) is 0. The minimum Gasteiger partial charge on any atom is -0.327 e. The van der Waals surface area contributed by atoms with Crippen LogP contribution in [0.3, 0.4) is 0 Å². The van der Waals surface area contributed by atoms with Gasteiger partial charge >= 0.3 is 0 Å². The van der Waals surface area contributed by atoms with Crippen molar-refractivity contribution in [2.45, 2.75) is 18.9 Å². The number of halogens is 2. The largest absolute Gasteiger partial charge is 0.327 e. The Hall–Kier alpha value is -0.900. The van der Waals surface area contributed by atoms with Gasteiger partial charge in [0.05, 0.1) is 4.34 Å². The van der Waals surface area contributed by atoms with Gasteiger partial charge in [0.2, 0.25) is 0 Å². The molecule has 0 aliphatic heterocycles. The molecule has 2 N–H and O–H groups in total. The van der Waals surface area contributed by atoms with Gasteiger partial charge in [-0.2, -0.15) is 0 Å². The molecule has 0 saturated heterocycles. The summed E-state index contributed by atoms with van der Waals surface area (Å²) in [6, 6.07) is 10.4. The van der Waals surface area contributed by atoms with Crippen LogP contribution < -0.4 is 5.73 Å². The average Bonchev–Trinajstić information content (AvgIpc) is 2.67. The molecule has 0 saturated carbocycles. The fourth-order valence-corrected chi connectivity index (χ4v) is 2.90. The summed E-state index contributed by atoms with van der Waals surface area (Å²) >= 11 is 7.41. The Morgan fingerprint density at radius 1 is 1.12 bits per heavy atom. The van der Waals surface area contributed by atoms with Crippen molar-refractivity contribution in [1.82, 2.24) is 0 Å². The highest BCUT2D eigenvalue weighted by Gasteiger charge is 2.07. The van der Waals surface area contributed by atoms with Gasteiger partial charge in [-0.1, -0.05) is 23.7 Å². The summed E-state index contributed by atoms with van der Waals surface area (Å²) in [5.74, 6) is -0.215. The fraction of sp³-hybridized carbons (Fsp3) is 0.231. The highest BCUT2D eigenvalue weighted by atomic mass is 35.5. The molecule has 0 aliphatic carbocycles. The Kier molecular flexibility index (Phi) is 4.15. The molecule has 0 bridgehead atoms. The molecule has 1 nitrogen and oxygen atoms in total. The second-order valence-corrected chi connectivity index (χ2v) is 5.80. The third kappa shape index (κ3) is 3.80. The van der Waals surface area contributed by atoms with E-state index in [1.807, 2.05) is 12.1 Å². The van der Waals surface area contributed by atoms with Gasteiger partial charge < -0.3 is 5.73 Å². The lowest BCUT2D eigenvalue weighted by Gasteiger charge is -2.10. The zero-order valence-electron chi connectivity index (χ0n) is 9.20. The van der Waals surface area contributed by atoms with E-state index < -0.39 is 0 Å². The summed E-state index contributed by atoms with van der Waals surface area (Å²) < 4.78 is 13.5. The Morgan fingerprint density at radius 2 is 1.82 bits per heavy atom. The van der Waals surface area contributed by atoms with E-state index in [1.165, 1.54) is 17.0 Å².